The fourth-order valence-electron chi connectivity index (χ4n) is 1.79. The van der Waals surface area contributed by atoms with Crippen molar-refractivity contribution in [2.75, 3.05) is 0 Å². The highest BCUT2D eigenvalue weighted by atomic mass is 35.5. The Kier molecular flexibility index (Phi) is 4.67. The Hall–Kier alpha value is -0.830. The van der Waals surface area contributed by atoms with Crippen LogP contribution in [0.3, 0.4) is 0 Å². The van der Waals surface area contributed by atoms with E-state index in [4.69, 9.17) is 34.8 Å². The van der Waals surface area contributed by atoms with E-state index >= 15 is 0 Å². The zero-order valence-corrected chi connectivity index (χ0v) is 11.9. The van der Waals surface area contributed by atoms with Crippen LogP contribution >= 0.6 is 34.8 Å². The van der Waals surface area contributed by atoms with Crippen LogP contribution < -0.4 is 0 Å². The van der Waals surface area contributed by atoms with Crippen molar-refractivity contribution in [3.8, 4) is 0 Å². The van der Waals surface area contributed by atoms with Crippen molar-refractivity contribution in [3.63, 3.8) is 0 Å². The molecule has 0 amide bonds. The van der Waals surface area contributed by atoms with Gasteiger partial charge in [0.1, 0.15) is 11.6 Å². The first kappa shape index (κ1) is 14.6. The SMILES string of the molecule is Fc1cccc(F)c1C(Cl)Cc1ccc(Cl)c(Cl)c1. The maximum Gasteiger partial charge on any atom is 0.130 e. The third-order valence-corrected chi connectivity index (χ3v) is 3.82. The summed E-state index contributed by atoms with van der Waals surface area (Å²) in [5, 5.41) is 0.00379. The number of alkyl halides is 1. The second-order valence-corrected chi connectivity index (χ2v) is 5.40. The lowest BCUT2D eigenvalue weighted by Crippen LogP contribution is -2.02. The largest absolute Gasteiger partial charge is 0.207 e. The Labute approximate surface area is 124 Å². The minimum atomic E-state index is -0.807. The van der Waals surface area contributed by atoms with Crippen LogP contribution in [0.2, 0.25) is 10.0 Å². The average Bonchev–Trinajstić information content (AvgIpc) is 2.33. The Bertz CT molecular complexity index is 579. The second-order valence-electron chi connectivity index (χ2n) is 4.06. The van der Waals surface area contributed by atoms with Crippen LogP contribution in [-0.4, -0.2) is 0 Å². The highest BCUT2D eigenvalue weighted by molar-refractivity contribution is 6.42. The smallest absolute Gasteiger partial charge is 0.130 e. The molecule has 0 aromatic heterocycles. The van der Waals surface area contributed by atoms with Gasteiger partial charge in [-0.3, -0.25) is 0 Å². The van der Waals surface area contributed by atoms with Gasteiger partial charge in [0.05, 0.1) is 15.4 Å². The molecule has 2 aromatic carbocycles. The van der Waals surface area contributed by atoms with Crippen molar-refractivity contribution in [1.29, 1.82) is 0 Å². The monoisotopic (exact) mass is 320 g/mol. The minimum absolute atomic E-state index is 0.129. The molecule has 0 aliphatic heterocycles. The summed E-state index contributed by atoms with van der Waals surface area (Å²) in [6.45, 7) is 0. The van der Waals surface area contributed by atoms with Crippen LogP contribution in [0.25, 0.3) is 0 Å². The molecule has 0 saturated heterocycles. The first-order chi connectivity index (χ1) is 8.99. The van der Waals surface area contributed by atoms with Crippen LogP contribution in [0, 0.1) is 11.6 Å². The lowest BCUT2D eigenvalue weighted by atomic mass is 10.0. The fourth-order valence-corrected chi connectivity index (χ4v) is 2.49. The van der Waals surface area contributed by atoms with Gasteiger partial charge in [-0.25, -0.2) is 8.78 Å². The van der Waals surface area contributed by atoms with Gasteiger partial charge in [-0.15, -0.1) is 11.6 Å². The van der Waals surface area contributed by atoms with Gasteiger partial charge >= 0.3 is 0 Å². The molecule has 2 rings (SSSR count). The van der Waals surface area contributed by atoms with E-state index in [1.807, 2.05) is 0 Å². The molecule has 1 atom stereocenters. The summed E-state index contributed by atoms with van der Waals surface area (Å²) in [5.74, 6) is -1.31. The molecule has 100 valence electrons. The molecule has 0 radical (unpaired) electrons. The lowest BCUT2D eigenvalue weighted by molar-refractivity contribution is 0.551. The second kappa shape index (κ2) is 6.08. The third-order valence-electron chi connectivity index (χ3n) is 2.71. The molecule has 0 spiro atoms. The van der Waals surface area contributed by atoms with E-state index in [9.17, 15) is 8.78 Å². The van der Waals surface area contributed by atoms with Crippen molar-refractivity contribution >= 4 is 34.8 Å². The molecule has 0 saturated carbocycles. The molecule has 19 heavy (non-hydrogen) atoms. The first-order valence-corrected chi connectivity index (χ1v) is 6.70. The van der Waals surface area contributed by atoms with E-state index in [-0.39, 0.29) is 12.0 Å². The van der Waals surface area contributed by atoms with Crippen LogP contribution in [0.4, 0.5) is 8.78 Å². The minimum Gasteiger partial charge on any atom is -0.207 e. The first-order valence-electron chi connectivity index (χ1n) is 5.51. The summed E-state index contributed by atoms with van der Waals surface area (Å²) in [6, 6.07) is 8.66. The maximum absolute atomic E-state index is 13.6. The van der Waals surface area contributed by atoms with E-state index in [1.165, 1.54) is 18.2 Å². The van der Waals surface area contributed by atoms with Gasteiger partial charge in [0.25, 0.3) is 0 Å². The van der Waals surface area contributed by atoms with Gasteiger partial charge in [-0.05, 0) is 36.2 Å². The van der Waals surface area contributed by atoms with Crippen molar-refractivity contribution in [3.05, 3.63) is 69.2 Å². The van der Waals surface area contributed by atoms with Crippen molar-refractivity contribution in [2.24, 2.45) is 0 Å². The van der Waals surface area contributed by atoms with Crippen LogP contribution in [-0.2, 0) is 6.42 Å². The molecule has 0 fully saturated rings. The standard InChI is InChI=1S/C14H9Cl3F2/c15-9-5-4-8(6-10(9)16)7-11(17)14-12(18)2-1-3-13(14)19/h1-6,11H,7H2. The number of benzene rings is 2. The predicted octanol–water partition coefficient (Wildman–Crippen LogP) is 5.79. The zero-order valence-electron chi connectivity index (χ0n) is 9.64. The highest BCUT2D eigenvalue weighted by Gasteiger charge is 2.18. The Balaban J connectivity index is 2.25. The van der Waals surface area contributed by atoms with E-state index < -0.39 is 17.0 Å². The molecule has 1 unspecified atom stereocenters. The molecule has 0 N–H and O–H groups in total. The van der Waals surface area contributed by atoms with Crippen LogP contribution in [0.15, 0.2) is 36.4 Å². The highest BCUT2D eigenvalue weighted by Crippen LogP contribution is 2.31. The van der Waals surface area contributed by atoms with E-state index in [1.54, 1.807) is 18.2 Å². The number of rotatable bonds is 3. The van der Waals surface area contributed by atoms with Gasteiger partial charge in [-0.2, -0.15) is 0 Å². The summed E-state index contributed by atoms with van der Waals surface area (Å²) in [4.78, 5) is 0. The molecule has 2 aromatic rings. The van der Waals surface area contributed by atoms with E-state index in [2.05, 4.69) is 0 Å². The van der Waals surface area contributed by atoms with Gasteiger partial charge < -0.3 is 0 Å². The van der Waals surface area contributed by atoms with Gasteiger partial charge in [0.2, 0.25) is 0 Å². The van der Waals surface area contributed by atoms with Gasteiger partial charge in [-0.1, -0.05) is 35.3 Å². The summed E-state index contributed by atoms with van der Waals surface area (Å²) < 4.78 is 27.2. The van der Waals surface area contributed by atoms with Crippen molar-refractivity contribution in [1.82, 2.24) is 0 Å². The Morgan fingerprint density at radius 3 is 2.16 bits per heavy atom. The number of halogens is 5. The molecular formula is C14H9Cl3F2. The quantitative estimate of drug-likeness (QED) is 0.627. The number of hydrogen-bond acceptors (Lipinski definition) is 0. The fraction of sp³-hybridized carbons (Fsp3) is 0.143. The number of hydrogen-bond donors (Lipinski definition) is 0. The molecule has 5 heteroatoms. The Morgan fingerprint density at radius 2 is 1.58 bits per heavy atom. The molecule has 0 nitrogen and oxygen atoms in total. The summed E-state index contributed by atoms with van der Waals surface area (Å²) in [5.41, 5.74) is 0.632. The topological polar surface area (TPSA) is 0 Å². The van der Waals surface area contributed by atoms with Gasteiger partial charge in [0, 0.05) is 5.56 Å². The van der Waals surface area contributed by atoms with Crippen molar-refractivity contribution in [2.45, 2.75) is 11.8 Å². The molecule has 0 bridgehead atoms. The average molecular weight is 322 g/mol. The Morgan fingerprint density at radius 1 is 0.947 bits per heavy atom. The molecule has 0 heterocycles. The predicted molar refractivity (Wildman–Crippen MR) is 75.1 cm³/mol. The van der Waals surface area contributed by atoms with Crippen LogP contribution in [0.1, 0.15) is 16.5 Å². The normalized spacial score (nSPS) is 12.5. The van der Waals surface area contributed by atoms with E-state index in [0.29, 0.717) is 10.0 Å². The van der Waals surface area contributed by atoms with Crippen LogP contribution in [0.5, 0.6) is 0 Å². The molecule has 0 aliphatic carbocycles. The van der Waals surface area contributed by atoms with Gasteiger partial charge in [0.15, 0.2) is 0 Å². The van der Waals surface area contributed by atoms with Crippen molar-refractivity contribution < 1.29 is 8.78 Å². The lowest BCUT2D eigenvalue weighted by Gasteiger charge is -2.12. The zero-order chi connectivity index (χ0) is 14.0. The summed E-state index contributed by atoms with van der Waals surface area (Å²) >= 11 is 17.8. The maximum atomic E-state index is 13.6. The summed E-state index contributed by atoms with van der Waals surface area (Å²) in [6.07, 6.45) is 0.260. The molecular weight excluding hydrogens is 313 g/mol. The third kappa shape index (κ3) is 3.38. The molecule has 0 aliphatic rings. The summed E-state index contributed by atoms with van der Waals surface area (Å²) in [7, 11) is 0. The van der Waals surface area contributed by atoms with E-state index in [0.717, 1.165) is 5.56 Å².